The van der Waals surface area contributed by atoms with Crippen LogP contribution >= 0.6 is 31.9 Å². The summed E-state index contributed by atoms with van der Waals surface area (Å²) in [5.41, 5.74) is 6.36. The first-order chi connectivity index (χ1) is 11.5. The molecule has 0 aliphatic carbocycles. The molecule has 24 heavy (non-hydrogen) atoms. The molecule has 5 rings (SSSR count). The number of aromatic nitrogens is 2. The van der Waals surface area contributed by atoms with Crippen molar-refractivity contribution in [3.63, 3.8) is 0 Å². The van der Waals surface area contributed by atoms with E-state index >= 15 is 0 Å². The van der Waals surface area contributed by atoms with E-state index in [9.17, 15) is 0 Å². The lowest BCUT2D eigenvalue weighted by atomic mass is 9.75. The maximum atomic E-state index is 4.36. The summed E-state index contributed by atoms with van der Waals surface area (Å²) in [5.74, 6) is 0. The Kier molecular flexibility index (Phi) is 2.88. The molecule has 1 aliphatic heterocycles. The molecule has 4 aromatic rings. The fourth-order valence-electron chi connectivity index (χ4n) is 4.03. The van der Waals surface area contributed by atoms with Gasteiger partial charge in [0.15, 0.2) is 0 Å². The monoisotopic (exact) mass is 440 g/mol. The van der Waals surface area contributed by atoms with Crippen molar-refractivity contribution in [1.29, 1.82) is 0 Å². The Morgan fingerprint density at radius 3 is 2.54 bits per heavy atom. The Hall–Kier alpha value is -1.65. The molecule has 0 atom stereocenters. The van der Waals surface area contributed by atoms with Crippen LogP contribution in [0.3, 0.4) is 0 Å². The SMILES string of the molecule is CC1(C)c2cc(Br)ccc2-n2c3ccncc3c3cc(Br)cc1c32. The van der Waals surface area contributed by atoms with Crippen molar-refractivity contribution < 1.29 is 0 Å². The molecule has 2 aromatic heterocycles. The predicted octanol–water partition coefficient (Wildman–Crippen LogP) is 6.34. The van der Waals surface area contributed by atoms with Crippen LogP contribution in [0.2, 0.25) is 0 Å². The van der Waals surface area contributed by atoms with E-state index in [1.807, 2.05) is 12.4 Å². The maximum absolute atomic E-state index is 4.36. The summed E-state index contributed by atoms with van der Waals surface area (Å²) in [7, 11) is 0. The summed E-state index contributed by atoms with van der Waals surface area (Å²) in [5, 5.41) is 2.45. The maximum Gasteiger partial charge on any atom is 0.0583 e. The Labute approximate surface area is 156 Å². The van der Waals surface area contributed by atoms with Gasteiger partial charge in [-0.1, -0.05) is 45.7 Å². The predicted molar refractivity (Wildman–Crippen MR) is 106 cm³/mol. The fourth-order valence-corrected chi connectivity index (χ4v) is 4.85. The van der Waals surface area contributed by atoms with Crippen LogP contribution in [0.25, 0.3) is 27.5 Å². The zero-order valence-electron chi connectivity index (χ0n) is 13.3. The summed E-state index contributed by atoms with van der Waals surface area (Å²) in [6.45, 7) is 4.61. The van der Waals surface area contributed by atoms with Gasteiger partial charge in [-0.05, 0) is 47.5 Å². The van der Waals surface area contributed by atoms with Crippen molar-refractivity contribution in [3.05, 3.63) is 68.9 Å². The molecule has 0 radical (unpaired) electrons. The third-order valence-electron chi connectivity index (χ3n) is 5.17. The largest absolute Gasteiger partial charge is 0.309 e. The number of benzene rings is 2. The second-order valence-corrected chi connectivity index (χ2v) is 8.70. The van der Waals surface area contributed by atoms with Gasteiger partial charge in [-0.25, -0.2) is 0 Å². The van der Waals surface area contributed by atoms with Gasteiger partial charge in [-0.15, -0.1) is 0 Å². The van der Waals surface area contributed by atoms with Crippen molar-refractivity contribution in [1.82, 2.24) is 9.55 Å². The summed E-state index contributed by atoms with van der Waals surface area (Å²) in [6.07, 6.45) is 3.85. The third-order valence-corrected chi connectivity index (χ3v) is 6.12. The van der Waals surface area contributed by atoms with Crippen LogP contribution in [0.1, 0.15) is 25.0 Å². The summed E-state index contributed by atoms with van der Waals surface area (Å²) >= 11 is 7.36. The smallest absolute Gasteiger partial charge is 0.0583 e. The molecule has 0 N–H and O–H groups in total. The van der Waals surface area contributed by atoms with E-state index in [0.717, 1.165) is 8.95 Å². The molecule has 0 bridgehead atoms. The molecule has 3 heterocycles. The molecule has 0 fully saturated rings. The van der Waals surface area contributed by atoms with Crippen LogP contribution in [0.4, 0.5) is 0 Å². The molecule has 2 nitrogen and oxygen atoms in total. The number of hydrogen-bond acceptors (Lipinski definition) is 1. The first kappa shape index (κ1) is 14.7. The Bertz CT molecular complexity index is 1160. The zero-order valence-corrected chi connectivity index (χ0v) is 16.4. The average molecular weight is 442 g/mol. The van der Waals surface area contributed by atoms with E-state index in [-0.39, 0.29) is 5.41 Å². The molecule has 1 aliphatic rings. The lowest BCUT2D eigenvalue weighted by Gasteiger charge is -2.35. The van der Waals surface area contributed by atoms with Gasteiger partial charge in [0, 0.05) is 37.5 Å². The van der Waals surface area contributed by atoms with Gasteiger partial charge in [0.05, 0.1) is 16.7 Å². The van der Waals surface area contributed by atoms with Gasteiger partial charge in [-0.2, -0.15) is 0 Å². The highest BCUT2D eigenvalue weighted by atomic mass is 79.9. The van der Waals surface area contributed by atoms with Crippen LogP contribution in [0.15, 0.2) is 57.7 Å². The highest BCUT2D eigenvalue weighted by Gasteiger charge is 2.35. The minimum absolute atomic E-state index is 0.0705. The number of nitrogens with zero attached hydrogens (tertiary/aromatic N) is 2. The lowest BCUT2D eigenvalue weighted by Crippen LogP contribution is -2.26. The second kappa shape index (κ2) is 4.70. The molecular weight excluding hydrogens is 428 g/mol. The van der Waals surface area contributed by atoms with Gasteiger partial charge in [0.2, 0.25) is 0 Å². The van der Waals surface area contributed by atoms with E-state index in [0.29, 0.717) is 0 Å². The van der Waals surface area contributed by atoms with Gasteiger partial charge < -0.3 is 4.57 Å². The van der Waals surface area contributed by atoms with Crippen LogP contribution in [-0.4, -0.2) is 9.55 Å². The number of halogens is 2. The molecule has 0 amide bonds. The Morgan fingerprint density at radius 2 is 1.71 bits per heavy atom. The van der Waals surface area contributed by atoms with Crippen molar-refractivity contribution >= 4 is 53.7 Å². The topological polar surface area (TPSA) is 17.8 Å². The van der Waals surface area contributed by atoms with Crippen LogP contribution in [0.5, 0.6) is 0 Å². The summed E-state index contributed by atoms with van der Waals surface area (Å²) in [4.78, 5) is 4.36. The quantitative estimate of drug-likeness (QED) is 0.311. The molecule has 0 spiro atoms. The average Bonchev–Trinajstić information content (AvgIpc) is 2.88. The van der Waals surface area contributed by atoms with Gasteiger partial charge in [-0.3, -0.25) is 4.98 Å². The van der Waals surface area contributed by atoms with E-state index in [1.54, 1.807) is 0 Å². The molecule has 0 saturated carbocycles. The highest BCUT2D eigenvalue weighted by molar-refractivity contribution is 9.10. The Morgan fingerprint density at radius 1 is 0.917 bits per heavy atom. The molecular formula is C20H14Br2N2. The molecule has 118 valence electrons. The molecule has 0 saturated heterocycles. The van der Waals surface area contributed by atoms with Gasteiger partial charge >= 0.3 is 0 Å². The summed E-state index contributed by atoms with van der Waals surface area (Å²) < 4.78 is 4.61. The highest BCUT2D eigenvalue weighted by Crippen LogP contribution is 2.48. The fraction of sp³-hybridized carbons (Fsp3) is 0.150. The molecule has 4 heteroatoms. The van der Waals surface area contributed by atoms with E-state index in [4.69, 9.17) is 0 Å². The lowest BCUT2D eigenvalue weighted by molar-refractivity contribution is 0.629. The van der Waals surface area contributed by atoms with Crippen molar-refractivity contribution in [2.75, 3.05) is 0 Å². The zero-order chi connectivity index (χ0) is 16.6. The first-order valence-corrected chi connectivity index (χ1v) is 9.45. The van der Waals surface area contributed by atoms with E-state index < -0.39 is 0 Å². The van der Waals surface area contributed by atoms with Crippen molar-refractivity contribution in [2.45, 2.75) is 19.3 Å². The van der Waals surface area contributed by atoms with Crippen molar-refractivity contribution in [3.8, 4) is 5.69 Å². The van der Waals surface area contributed by atoms with Crippen LogP contribution in [-0.2, 0) is 5.41 Å². The second-order valence-electron chi connectivity index (χ2n) is 6.86. The third kappa shape index (κ3) is 1.73. The number of rotatable bonds is 0. The molecule has 0 unspecified atom stereocenters. The Balaban J connectivity index is 2.13. The van der Waals surface area contributed by atoms with Crippen LogP contribution < -0.4 is 0 Å². The minimum atomic E-state index is -0.0705. The number of fused-ring (bicyclic) bond motifs is 5. The van der Waals surface area contributed by atoms with Crippen LogP contribution in [0, 0.1) is 0 Å². The van der Waals surface area contributed by atoms with E-state index in [1.165, 1.54) is 38.6 Å². The standard InChI is InChI=1S/C20H14Br2N2/c1-20(2)15-8-11(21)3-4-18(15)24-17-5-6-23-10-14(17)13-7-12(22)9-16(20)19(13)24/h3-10H,1-2H3. The number of pyridine rings is 1. The molecule has 2 aromatic carbocycles. The normalized spacial score (nSPS) is 15.0. The summed E-state index contributed by atoms with van der Waals surface area (Å²) in [6, 6.07) is 13.2. The van der Waals surface area contributed by atoms with Gasteiger partial charge in [0.25, 0.3) is 0 Å². The minimum Gasteiger partial charge on any atom is -0.309 e. The van der Waals surface area contributed by atoms with E-state index in [2.05, 4.69) is 91.7 Å². The van der Waals surface area contributed by atoms with Gasteiger partial charge in [0.1, 0.15) is 0 Å². The van der Waals surface area contributed by atoms with Crippen molar-refractivity contribution in [2.24, 2.45) is 0 Å². The number of hydrogen-bond donors (Lipinski definition) is 0. The first-order valence-electron chi connectivity index (χ1n) is 7.87.